The summed E-state index contributed by atoms with van der Waals surface area (Å²) in [6.45, 7) is 5.39. The molecule has 3 aliphatic heterocycles. The molecule has 0 radical (unpaired) electrons. The van der Waals surface area contributed by atoms with E-state index in [4.69, 9.17) is 33.2 Å². The van der Waals surface area contributed by atoms with Gasteiger partial charge in [0.2, 0.25) is 12.5 Å². The zero-order valence-corrected chi connectivity index (χ0v) is 18.9. The predicted octanol–water partition coefficient (Wildman–Crippen LogP) is 3.40. The van der Waals surface area contributed by atoms with E-state index < -0.39 is 5.72 Å². The minimum Gasteiger partial charge on any atom is -0.493 e. The van der Waals surface area contributed by atoms with Gasteiger partial charge < -0.3 is 33.2 Å². The number of benzene rings is 2. The van der Waals surface area contributed by atoms with Gasteiger partial charge in [-0.2, -0.15) is 0 Å². The van der Waals surface area contributed by atoms with E-state index in [1.807, 2.05) is 24.3 Å². The summed E-state index contributed by atoms with van der Waals surface area (Å²) in [6.07, 6.45) is 0.748. The minimum absolute atomic E-state index is 0.0230. The Kier molecular flexibility index (Phi) is 5.43. The summed E-state index contributed by atoms with van der Waals surface area (Å²) < 4.78 is 40.3. The van der Waals surface area contributed by atoms with Crippen LogP contribution < -0.4 is 28.4 Å². The van der Waals surface area contributed by atoms with Crippen molar-refractivity contribution in [2.45, 2.75) is 25.0 Å². The zero-order chi connectivity index (χ0) is 22.3. The largest absolute Gasteiger partial charge is 0.493 e. The fourth-order valence-electron chi connectivity index (χ4n) is 4.90. The highest BCUT2D eigenvalue weighted by atomic mass is 16.7. The third-order valence-electron chi connectivity index (χ3n) is 6.56. The number of methoxy groups -OCH3 is 3. The van der Waals surface area contributed by atoms with Crippen LogP contribution in [-0.2, 0) is 4.74 Å². The standard InChI is InChI=1S/C24H29NO7/c1-24(25-5-7-29-8-6-25)13-17(15-9-21(26-2)23(28-4)22(10-15)27-3)16-11-19-20(31-14-30-19)12-18(16)32-24/h9-12,17H,5-8,13-14H2,1-4H3/t17-,24+/m1/s1. The average molecular weight is 443 g/mol. The van der Waals surface area contributed by atoms with Gasteiger partial charge in [-0.3, -0.25) is 4.90 Å². The molecular weight excluding hydrogens is 414 g/mol. The van der Waals surface area contributed by atoms with Crippen LogP contribution in [-0.4, -0.2) is 65.1 Å². The van der Waals surface area contributed by atoms with Crippen LogP contribution in [0.5, 0.6) is 34.5 Å². The molecule has 3 aliphatic rings. The van der Waals surface area contributed by atoms with Gasteiger partial charge in [0.05, 0.1) is 34.5 Å². The quantitative estimate of drug-likeness (QED) is 0.697. The van der Waals surface area contributed by atoms with E-state index >= 15 is 0 Å². The second-order valence-electron chi connectivity index (χ2n) is 8.34. The number of fused-ring (bicyclic) bond motifs is 2. The van der Waals surface area contributed by atoms with Crippen LogP contribution in [0.1, 0.15) is 30.4 Å². The van der Waals surface area contributed by atoms with Crippen LogP contribution in [0.15, 0.2) is 24.3 Å². The first-order valence-electron chi connectivity index (χ1n) is 10.8. The molecule has 2 aromatic carbocycles. The van der Waals surface area contributed by atoms with E-state index in [0.29, 0.717) is 36.2 Å². The Bertz CT molecular complexity index is 979. The summed E-state index contributed by atoms with van der Waals surface area (Å²) in [7, 11) is 4.88. The maximum Gasteiger partial charge on any atom is 0.231 e. The summed E-state index contributed by atoms with van der Waals surface area (Å²) in [5.41, 5.74) is 1.60. The van der Waals surface area contributed by atoms with Gasteiger partial charge in [-0.25, -0.2) is 0 Å². The van der Waals surface area contributed by atoms with E-state index in [2.05, 4.69) is 11.8 Å². The average Bonchev–Trinajstić information content (AvgIpc) is 3.29. The Morgan fingerprint density at radius 3 is 2.16 bits per heavy atom. The molecule has 0 spiro atoms. The molecule has 3 heterocycles. The number of rotatable bonds is 5. The smallest absolute Gasteiger partial charge is 0.231 e. The highest BCUT2D eigenvalue weighted by Crippen LogP contribution is 2.52. The molecule has 0 N–H and O–H groups in total. The molecule has 8 nitrogen and oxygen atoms in total. The molecule has 1 fully saturated rings. The highest BCUT2D eigenvalue weighted by molar-refractivity contribution is 5.60. The molecule has 2 atom stereocenters. The fourth-order valence-corrected chi connectivity index (χ4v) is 4.90. The van der Waals surface area contributed by atoms with E-state index in [1.165, 1.54) is 0 Å². The topological polar surface area (TPSA) is 67.9 Å². The Morgan fingerprint density at radius 1 is 0.875 bits per heavy atom. The number of nitrogens with zero attached hydrogens (tertiary/aromatic N) is 1. The molecule has 8 heteroatoms. The van der Waals surface area contributed by atoms with Crippen LogP contribution in [0.4, 0.5) is 0 Å². The lowest BCUT2D eigenvalue weighted by Crippen LogP contribution is -2.57. The first-order valence-corrected chi connectivity index (χ1v) is 10.8. The fraction of sp³-hybridized carbons (Fsp3) is 0.500. The van der Waals surface area contributed by atoms with E-state index in [9.17, 15) is 0 Å². The SMILES string of the molecule is COc1cc([C@H]2C[C@@](C)(N3CCOCC3)Oc3cc4c(cc32)OCO4)cc(OC)c1OC. The number of hydrogen-bond acceptors (Lipinski definition) is 8. The number of morpholine rings is 1. The molecule has 1 saturated heterocycles. The van der Waals surface area contributed by atoms with Crippen LogP contribution in [0.25, 0.3) is 0 Å². The van der Waals surface area contributed by atoms with Crippen LogP contribution in [0, 0.1) is 0 Å². The van der Waals surface area contributed by atoms with Gasteiger partial charge in [0.15, 0.2) is 28.7 Å². The second kappa shape index (κ2) is 8.26. The lowest BCUT2D eigenvalue weighted by Gasteiger charge is -2.48. The Labute approximate surface area is 187 Å². The Hall–Kier alpha value is -2.84. The Balaban J connectivity index is 1.63. The molecule has 0 saturated carbocycles. The van der Waals surface area contributed by atoms with Crippen molar-refractivity contribution in [1.29, 1.82) is 0 Å². The third-order valence-corrected chi connectivity index (χ3v) is 6.56. The summed E-state index contributed by atoms with van der Waals surface area (Å²) in [5.74, 6) is 4.10. The van der Waals surface area contributed by atoms with Crippen molar-refractivity contribution in [2.24, 2.45) is 0 Å². The third kappa shape index (κ3) is 3.47. The number of ether oxygens (including phenoxy) is 7. The molecular formula is C24H29NO7. The molecule has 0 bridgehead atoms. The first kappa shape index (κ1) is 21.0. The van der Waals surface area contributed by atoms with Crippen molar-refractivity contribution in [1.82, 2.24) is 4.90 Å². The van der Waals surface area contributed by atoms with Gasteiger partial charge in [0.1, 0.15) is 5.75 Å². The van der Waals surface area contributed by atoms with E-state index in [1.54, 1.807) is 21.3 Å². The van der Waals surface area contributed by atoms with Gasteiger partial charge in [-0.05, 0) is 30.7 Å². The minimum atomic E-state index is -0.504. The lowest BCUT2D eigenvalue weighted by molar-refractivity contribution is -0.124. The predicted molar refractivity (Wildman–Crippen MR) is 117 cm³/mol. The first-order chi connectivity index (χ1) is 15.6. The van der Waals surface area contributed by atoms with Crippen molar-refractivity contribution in [3.63, 3.8) is 0 Å². The maximum atomic E-state index is 6.64. The van der Waals surface area contributed by atoms with Crippen molar-refractivity contribution in [2.75, 3.05) is 54.4 Å². The van der Waals surface area contributed by atoms with Gasteiger partial charge in [0, 0.05) is 37.1 Å². The number of hydrogen-bond donors (Lipinski definition) is 0. The van der Waals surface area contributed by atoms with E-state index in [-0.39, 0.29) is 12.7 Å². The van der Waals surface area contributed by atoms with Crippen molar-refractivity contribution in [3.8, 4) is 34.5 Å². The van der Waals surface area contributed by atoms with Gasteiger partial charge >= 0.3 is 0 Å². The highest BCUT2D eigenvalue weighted by Gasteiger charge is 2.44. The van der Waals surface area contributed by atoms with Crippen molar-refractivity contribution < 1.29 is 33.2 Å². The summed E-state index contributed by atoms with van der Waals surface area (Å²) in [5, 5.41) is 0. The van der Waals surface area contributed by atoms with Gasteiger partial charge in [-0.1, -0.05) is 0 Å². The van der Waals surface area contributed by atoms with Crippen molar-refractivity contribution >= 4 is 0 Å². The lowest BCUT2D eigenvalue weighted by atomic mass is 9.81. The maximum absolute atomic E-state index is 6.64. The molecule has 32 heavy (non-hydrogen) atoms. The van der Waals surface area contributed by atoms with Crippen LogP contribution >= 0.6 is 0 Å². The molecule has 172 valence electrons. The summed E-state index contributed by atoms with van der Waals surface area (Å²) in [6, 6.07) is 8.02. The van der Waals surface area contributed by atoms with E-state index in [0.717, 1.165) is 42.1 Å². The normalized spacial score (nSPS) is 24.4. The molecule has 0 unspecified atom stereocenters. The molecule has 5 rings (SSSR count). The monoisotopic (exact) mass is 443 g/mol. The van der Waals surface area contributed by atoms with Crippen LogP contribution in [0.2, 0.25) is 0 Å². The van der Waals surface area contributed by atoms with Crippen molar-refractivity contribution in [3.05, 3.63) is 35.4 Å². The zero-order valence-electron chi connectivity index (χ0n) is 18.9. The van der Waals surface area contributed by atoms with Gasteiger partial charge in [-0.15, -0.1) is 0 Å². The van der Waals surface area contributed by atoms with Gasteiger partial charge in [0.25, 0.3) is 0 Å². The Morgan fingerprint density at radius 2 is 1.53 bits per heavy atom. The summed E-state index contributed by atoms with van der Waals surface area (Å²) >= 11 is 0. The van der Waals surface area contributed by atoms with Crippen LogP contribution in [0.3, 0.4) is 0 Å². The second-order valence-corrected chi connectivity index (χ2v) is 8.34. The molecule has 2 aromatic rings. The molecule has 0 aromatic heterocycles. The molecule has 0 aliphatic carbocycles. The summed E-state index contributed by atoms with van der Waals surface area (Å²) in [4.78, 5) is 2.36. The molecule has 0 amide bonds.